The molecule has 6 nitrogen and oxygen atoms in total. The fourth-order valence-electron chi connectivity index (χ4n) is 3.64. The summed E-state index contributed by atoms with van der Waals surface area (Å²) in [6.07, 6.45) is -3.70. The first kappa shape index (κ1) is 26.7. The Balaban J connectivity index is 2.07. The maximum absolute atomic E-state index is 14.1. The second-order valence-corrected chi connectivity index (χ2v) is 10.5. The van der Waals surface area contributed by atoms with Gasteiger partial charge in [-0.3, -0.25) is 9.36 Å². The smallest absolute Gasteiger partial charge is 0.434 e. The number of phenols is 1. The fourth-order valence-corrected chi connectivity index (χ4v) is 5.81. The summed E-state index contributed by atoms with van der Waals surface area (Å²) in [6.45, 7) is 1.27. The molecule has 0 unspecified atom stereocenters. The second-order valence-electron chi connectivity index (χ2n) is 7.44. The number of halogens is 6. The van der Waals surface area contributed by atoms with Crippen LogP contribution in [0.2, 0.25) is 10.0 Å². The number of thiazole rings is 1. The minimum Gasteiger partial charge on any atom is -0.506 e. The van der Waals surface area contributed by atoms with Crippen molar-refractivity contribution in [1.82, 2.24) is 4.57 Å². The summed E-state index contributed by atoms with van der Waals surface area (Å²) in [6, 6.07) is 7.17. The number of carbonyl (C=O) groups excluding carboxylic acids is 1. The molecule has 1 aliphatic heterocycles. The number of benzene rings is 2. The zero-order valence-electron chi connectivity index (χ0n) is 18.1. The molecule has 0 radical (unpaired) electrons. The first-order chi connectivity index (χ1) is 16.9. The molecule has 13 heteroatoms. The number of carbonyl (C=O) groups is 1. The summed E-state index contributed by atoms with van der Waals surface area (Å²) in [5.41, 5.74) is -2.58. The van der Waals surface area contributed by atoms with E-state index in [1.807, 2.05) is 22.6 Å². The molecule has 36 heavy (non-hydrogen) atoms. The largest absolute Gasteiger partial charge is 0.506 e. The van der Waals surface area contributed by atoms with Crippen LogP contribution in [0.5, 0.6) is 5.75 Å². The molecule has 0 saturated heterocycles. The number of alkyl halides is 3. The zero-order valence-corrected chi connectivity index (χ0v) is 22.6. The van der Waals surface area contributed by atoms with Gasteiger partial charge in [0.05, 0.1) is 26.3 Å². The van der Waals surface area contributed by atoms with Gasteiger partial charge < -0.3 is 9.84 Å². The standard InChI is InChI=1S/C23H14Cl2F3IN2O4S/c1-2-35-21(34)16-17(10-3-5-12(24)6-4-10)31-20(33)15(36-22(31)30-19(16)23(26,27)28)8-11-7-13(25)9-14(29)18(11)32/h3-9,17,32H,2H2,1H3/b15-8-/t17-/m0/s1. The molecule has 0 saturated carbocycles. The highest BCUT2D eigenvalue weighted by atomic mass is 127. The van der Waals surface area contributed by atoms with Gasteiger partial charge in [0.1, 0.15) is 5.75 Å². The summed E-state index contributed by atoms with van der Waals surface area (Å²) in [4.78, 5) is 29.7. The van der Waals surface area contributed by atoms with E-state index >= 15 is 0 Å². The predicted octanol–water partition coefficient (Wildman–Crippen LogP) is 4.96. The molecular weight excluding hydrogens is 655 g/mol. The number of aromatic hydroxyl groups is 1. The van der Waals surface area contributed by atoms with Crippen molar-refractivity contribution in [1.29, 1.82) is 0 Å². The Morgan fingerprint density at radius 2 is 1.92 bits per heavy atom. The van der Waals surface area contributed by atoms with Gasteiger partial charge in [-0.2, -0.15) is 13.2 Å². The van der Waals surface area contributed by atoms with Gasteiger partial charge in [0.25, 0.3) is 5.56 Å². The van der Waals surface area contributed by atoms with Crippen molar-refractivity contribution in [3.63, 3.8) is 0 Å². The summed E-state index contributed by atoms with van der Waals surface area (Å²) >= 11 is 14.6. The Labute approximate surface area is 229 Å². The SMILES string of the molecule is CCOC(=O)C1=C(C(F)(F)F)N=c2s/c(=C\c3cc(Cl)cc(I)c3O)c(=O)n2[C@H]1c1ccc(Cl)cc1. The van der Waals surface area contributed by atoms with Crippen molar-refractivity contribution in [2.45, 2.75) is 19.1 Å². The van der Waals surface area contributed by atoms with Crippen molar-refractivity contribution in [3.05, 3.63) is 92.1 Å². The molecule has 2 aromatic carbocycles. The Hall–Kier alpha value is -2.35. The molecule has 0 fully saturated rings. The monoisotopic (exact) mass is 668 g/mol. The van der Waals surface area contributed by atoms with Gasteiger partial charge in [-0.1, -0.05) is 46.7 Å². The quantitative estimate of drug-likeness (QED) is 0.315. The van der Waals surface area contributed by atoms with Crippen LogP contribution >= 0.6 is 57.1 Å². The molecule has 1 atom stereocenters. The Kier molecular flexibility index (Phi) is 7.56. The number of aromatic nitrogens is 1. The van der Waals surface area contributed by atoms with Gasteiger partial charge in [-0.05, 0) is 65.4 Å². The van der Waals surface area contributed by atoms with Crippen LogP contribution in [-0.2, 0) is 9.53 Å². The highest BCUT2D eigenvalue weighted by Gasteiger charge is 2.45. The van der Waals surface area contributed by atoms with E-state index in [9.17, 15) is 27.9 Å². The molecule has 3 aromatic rings. The number of fused-ring (bicyclic) bond motifs is 1. The fraction of sp³-hybridized carbons (Fsp3) is 0.174. The molecule has 1 aromatic heterocycles. The third-order valence-corrected chi connectivity index (χ3v) is 7.40. The topological polar surface area (TPSA) is 80.9 Å². The van der Waals surface area contributed by atoms with Crippen LogP contribution in [0.25, 0.3) is 6.08 Å². The first-order valence-electron chi connectivity index (χ1n) is 10.2. The van der Waals surface area contributed by atoms with Gasteiger partial charge in [-0.15, -0.1) is 0 Å². The van der Waals surface area contributed by atoms with E-state index in [1.165, 1.54) is 49.4 Å². The van der Waals surface area contributed by atoms with Crippen molar-refractivity contribution in [2.24, 2.45) is 4.99 Å². The number of esters is 1. The van der Waals surface area contributed by atoms with Crippen molar-refractivity contribution < 1.29 is 27.8 Å². The Bertz CT molecular complexity index is 1580. The van der Waals surface area contributed by atoms with Crippen LogP contribution in [0.15, 0.2) is 57.5 Å². The van der Waals surface area contributed by atoms with E-state index in [2.05, 4.69) is 4.99 Å². The minimum atomic E-state index is -5.01. The second kappa shape index (κ2) is 10.2. The van der Waals surface area contributed by atoms with E-state index in [0.717, 1.165) is 4.57 Å². The average Bonchev–Trinajstić information content (AvgIpc) is 3.11. The van der Waals surface area contributed by atoms with Crippen molar-refractivity contribution in [3.8, 4) is 5.75 Å². The van der Waals surface area contributed by atoms with E-state index in [1.54, 1.807) is 0 Å². The van der Waals surface area contributed by atoms with E-state index < -0.39 is 35.0 Å². The normalized spacial score (nSPS) is 16.1. The lowest BCUT2D eigenvalue weighted by Crippen LogP contribution is -2.41. The van der Waals surface area contributed by atoms with Gasteiger partial charge in [0, 0.05) is 15.6 Å². The maximum Gasteiger partial charge on any atom is 0.434 e. The molecule has 0 spiro atoms. The van der Waals surface area contributed by atoms with Gasteiger partial charge in [-0.25, -0.2) is 9.79 Å². The Morgan fingerprint density at radius 1 is 1.25 bits per heavy atom. The number of nitrogens with zero attached hydrogens (tertiary/aromatic N) is 2. The van der Waals surface area contributed by atoms with Gasteiger partial charge in [0.15, 0.2) is 10.5 Å². The van der Waals surface area contributed by atoms with Crippen molar-refractivity contribution in [2.75, 3.05) is 6.61 Å². The third kappa shape index (κ3) is 5.06. The number of ether oxygens (including phenoxy) is 1. The van der Waals surface area contributed by atoms with E-state index in [-0.39, 0.29) is 32.8 Å². The lowest BCUT2D eigenvalue weighted by Gasteiger charge is -2.26. The molecular formula is C23H14Cl2F3IN2O4S. The van der Waals surface area contributed by atoms with Crippen LogP contribution in [0, 0.1) is 3.57 Å². The van der Waals surface area contributed by atoms with E-state index in [0.29, 0.717) is 25.0 Å². The number of phenolic OH excluding ortho intramolecular Hbond substituents is 1. The highest BCUT2D eigenvalue weighted by molar-refractivity contribution is 14.1. The molecule has 188 valence electrons. The van der Waals surface area contributed by atoms with Crippen LogP contribution in [0.4, 0.5) is 13.2 Å². The predicted molar refractivity (Wildman–Crippen MR) is 138 cm³/mol. The van der Waals surface area contributed by atoms with Crippen LogP contribution < -0.4 is 14.9 Å². The van der Waals surface area contributed by atoms with Gasteiger partial charge >= 0.3 is 12.1 Å². The third-order valence-electron chi connectivity index (χ3n) is 5.12. The average molecular weight is 669 g/mol. The number of hydrogen-bond acceptors (Lipinski definition) is 6. The number of rotatable bonds is 4. The molecule has 1 aliphatic rings. The van der Waals surface area contributed by atoms with Crippen LogP contribution in [0.3, 0.4) is 0 Å². The molecule has 4 rings (SSSR count). The van der Waals surface area contributed by atoms with Crippen LogP contribution in [-0.4, -0.2) is 28.4 Å². The first-order valence-corrected chi connectivity index (χ1v) is 12.8. The highest BCUT2D eigenvalue weighted by Crippen LogP contribution is 2.38. The van der Waals surface area contributed by atoms with Gasteiger partial charge in [0.2, 0.25) is 0 Å². The molecule has 0 bridgehead atoms. The molecule has 0 amide bonds. The summed E-state index contributed by atoms with van der Waals surface area (Å²) in [7, 11) is 0. The summed E-state index contributed by atoms with van der Waals surface area (Å²) < 4.78 is 48.7. The summed E-state index contributed by atoms with van der Waals surface area (Å²) in [5, 5.41) is 11.0. The zero-order chi connectivity index (χ0) is 26.4. The molecule has 2 heterocycles. The lowest BCUT2D eigenvalue weighted by atomic mass is 9.95. The maximum atomic E-state index is 14.1. The van der Waals surface area contributed by atoms with E-state index in [4.69, 9.17) is 27.9 Å². The minimum absolute atomic E-state index is 0.0206. The summed E-state index contributed by atoms with van der Waals surface area (Å²) in [5.74, 6) is -1.40. The molecule has 1 N–H and O–H groups in total. The number of allylic oxidation sites excluding steroid dienone is 1. The Morgan fingerprint density at radius 3 is 2.53 bits per heavy atom. The number of hydrogen-bond donors (Lipinski definition) is 1. The lowest BCUT2D eigenvalue weighted by molar-refractivity contribution is -0.140. The van der Waals surface area contributed by atoms with Crippen molar-refractivity contribution >= 4 is 69.2 Å². The van der Waals surface area contributed by atoms with Crippen LogP contribution in [0.1, 0.15) is 24.1 Å². The molecule has 0 aliphatic carbocycles.